The third kappa shape index (κ3) is 4.99. The van der Waals surface area contributed by atoms with Crippen molar-refractivity contribution in [2.75, 3.05) is 11.5 Å². The van der Waals surface area contributed by atoms with Crippen LogP contribution in [0.4, 0.5) is 5.69 Å². The van der Waals surface area contributed by atoms with Crippen LogP contribution in [0.15, 0.2) is 78.9 Å². The van der Waals surface area contributed by atoms with Crippen LogP contribution in [-0.2, 0) is 14.3 Å². The lowest BCUT2D eigenvalue weighted by atomic mass is 9.85. The van der Waals surface area contributed by atoms with E-state index in [1.807, 2.05) is 31.2 Å². The molecule has 0 N–H and O–H groups in total. The van der Waals surface area contributed by atoms with E-state index in [1.165, 1.54) is 17.0 Å². The van der Waals surface area contributed by atoms with Crippen LogP contribution < -0.4 is 4.90 Å². The number of anilines is 1. The number of esters is 1. The van der Waals surface area contributed by atoms with Crippen LogP contribution in [0.25, 0.3) is 22.2 Å². The lowest BCUT2D eigenvalue weighted by Gasteiger charge is -2.16. The minimum atomic E-state index is -0.686. The van der Waals surface area contributed by atoms with Gasteiger partial charge in [-0.3, -0.25) is 19.3 Å². The van der Waals surface area contributed by atoms with Crippen molar-refractivity contribution in [2.45, 2.75) is 19.8 Å². The monoisotopic (exact) mass is 598 g/mol. The molecule has 7 nitrogen and oxygen atoms in total. The van der Waals surface area contributed by atoms with Crippen LogP contribution in [0.5, 0.6) is 0 Å². The van der Waals surface area contributed by atoms with Gasteiger partial charge in [-0.25, -0.2) is 9.78 Å². The first-order valence-electron chi connectivity index (χ1n) is 13.4. The number of ketones is 1. The Morgan fingerprint density at radius 1 is 0.905 bits per heavy atom. The molecule has 1 fully saturated rings. The molecular weight excluding hydrogens is 575 g/mol. The summed E-state index contributed by atoms with van der Waals surface area (Å²) in [4.78, 5) is 58.1. The van der Waals surface area contributed by atoms with E-state index in [4.69, 9.17) is 32.9 Å². The number of hydrogen-bond donors (Lipinski definition) is 0. The Kier molecular flexibility index (Phi) is 7.39. The molecule has 2 amide bonds. The number of nitrogens with zero attached hydrogens (tertiary/aromatic N) is 2. The maximum absolute atomic E-state index is 13.3. The summed E-state index contributed by atoms with van der Waals surface area (Å²) in [6.07, 6.45) is 5.05. The van der Waals surface area contributed by atoms with Crippen molar-refractivity contribution in [3.63, 3.8) is 0 Å². The summed E-state index contributed by atoms with van der Waals surface area (Å²) in [6, 6.07) is 18.5. The molecular formula is C33H24Cl2N2O5. The number of aromatic nitrogens is 1. The highest BCUT2D eigenvalue weighted by Crippen LogP contribution is 2.38. The zero-order valence-electron chi connectivity index (χ0n) is 22.5. The highest BCUT2D eigenvalue weighted by atomic mass is 35.5. The Bertz CT molecular complexity index is 1790. The summed E-state index contributed by atoms with van der Waals surface area (Å²) in [5.74, 6) is -2.14. The number of para-hydroxylation sites is 1. The van der Waals surface area contributed by atoms with E-state index < -0.39 is 18.4 Å². The number of benzene rings is 3. The van der Waals surface area contributed by atoms with Crippen LogP contribution in [0.1, 0.15) is 39.1 Å². The number of amides is 2. The fraction of sp³-hybridized carbons (Fsp3) is 0.182. The zero-order valence-corrected chi connectivity index (χ0v) is 24.0. The maximum Gasteiger partial charge on any atom is 0.339 e. The van der Waals surface area contributed by atoms with Crippen molar-refractivity contribution in [1.82, 2.24) is 4.98 Å². The van der Waals surface area contributed by atoms with Crippen molar-refractivity contribution in [1.29, 1.82) is 0 Å². The number of pyridine rings is 1. The minimum absolute atomic E-state index is 0.173. The molecule has 0 radical (unpaired) electrons. The number of halogens is 2. The van der Waals surface area contributed by atoms with Crippen LogP contribution in [0, 0.1) is 18.8 Å². The molecule has 0 bridgehead atoms. The minimum Gasteiger partial charge on any atom is -0.454 e. The van der Waals surface area contributed by atoms with Crippen LogP contribution in [0.2, 0.25) is 10.0 Å². The van der Waals surface area contributed by atoms with E-state index in [-0.39, 0.29) is 39.8 Å². The molecule has 42 heavy (non-hydrogen) atoms. The number of carbonyl (C=O) groups excluding carboxylic acids is 4. The third-order valence-electron chi connectivity index (χ3n) is 7.76. The quantitative estimate of drug-likeness (QED) is 0.102. The first-order chi connectivity index (χ1) is 20.2. The fourth-order valence-electron chi connectivity index (χ4n) is 5.55. The van der Waals surface area contributed by atoms with E-state index in [9.17, 15) is 19.2 Å². The van der Waals surface area contributed by atoms with Crippen LogP contribution >= 0.6 is 23.2 Å². The second kappa shape index (κ2) is 11.2. The van der Waals surface area contributed by atoms with Gasteiger partial charge in [0.2, 0.25) is 17.6 Å². The molecule has 1 aromatic heterocycles. The standard InChI is InChI=1S/C33H24Cl2N2O5/c1-18-5-4-8-22-26(33(41)42-17-29(38)25-14-11-20(34)15-27(25)35)16-28(36-30(18)22)19-9-12-21(13-10-19)37-31(39)23-6-2-3-7-24(23)32(37)40/h2-5,8-16,23-24H,6-7,17H2,1H3. The lowest BCUT2D eigenvalue weighted by molar-refractivity contribution is -0.122. The summed E-state index contributed by atoms with van der Waals surface area (Å²) < 4.78 is 5.43. The average Bonchev–Trinajstić information content (AvgIpc) is 3.25. The van der Waals surface area contributed by atoms with Crippen molar-refractivity contribution >= 4 is 63.4 Å². The number of aryl methyl sites for hydroxylation is 1. The molecule has 3 aromatic carbocycles. The summed E-state index contributed by atoms with van der Waals surface area (Å²) in [6.45, 7) is 1.39. The molecule has 2 atom stereocenters. The number of fused-ring (bicyclic) bond motifs is 2. The van der Waals surface area contributed by atoms with Gasteiger partial charge in [-0.1, -0.05) is 65.7 Å². The topological polar surface area (TPSA) is 93.6 Å². The molecule has 4 aromatic rings. The third-order valence-corrected chi connectivity index (χ3v) is 8.30. The van der Waals surface area contributed by atoms with E-state index in [0.29, 0.717) is 45.7 Å². The molecule has 1 saturated heterocycles. The van der Waals surface area contributed by atoms with Crippen molar-refractivity contribution in [3.05, 3.63) is 106 Å². The number of ether oxygens (including phenoxy) is 1. The predicted molar refractivity (Wildman–Crippen MR) is 161 cm³/mol. The first kappa shape index (κ1) is 27.8. The summed E-state index contributed by atoms with van der Waals surface area (Å²) in [5, 5.41) is 1.15. The summed E-state index contributed by atoms with van der Waals surface area (Å²) in [5.41, 5.74) is 3.60. The van der Waals surface area contributed by atoms with Gasteiger partial charge in [0, 0.05) is 21.5 Å². The van der Waals surface area contributed by atoms with Crippen LogP contribution in [0.3, 0.4) is 0 Å². The van der Waals surface area contributed by atoms with E-state index in [2.05, 4.69) is 0 Å². The fourth-order valence-corrected chi connectivity index (χ4v) is 6.06. The Morgan fingerprint density at radius 2 is 1.60 bits per heavy atom. The number of imide groups is 1. The number of Topliss-reactive ketones (excluding diaryl/α,β-unsaturated/α-hetero) is 1. The molecule has 0 spiro atoms. The Balaban J connectivity index is 1.29. The molecule has 2 unspecified atom stereocenters. The summed E-state index contributed by atoms with van der Waals surface area (Å²) >= 11 is 12.1. The van der Waals surface area contributed by atoms with Gasteiger partial charge in [0.1, 0.15) is 0 Å². The second-order valence-electron chi connectivity index (χ2n) is 10.4. The van der Waals surface area contributed by atoms with Crippen molar-refractivity contribution < 1.29 is 23.9 Å². The van der Waals surface area contributed by atoms with E-state index >= 15 is 0 Å². The van der Waals surface area contributed by atoms with Crippen LogP contribution in [-0.4, -0.2) is 35.2 Å². The molecule has 1 aliphatic carbocycles. The van der Waals surface area contributed by atoms with Gasteiger partial charge in [0.05, 0.1) is 39.3 Å². The maximum atomic E-state index is 13.3. The average molecular weight is 599 g/mol. The highest BCUT2D eigenvalue weighted by molar-refractivity contribution is 6.37. The number of allylic oxidation sites excluding steroid dienone is 2. The van der Waals surface area contributed by atoms with Gasteiger partial charge in [0.25, 0.3) is 0 Å². The summed E-state index contributed by atoms with van der Waals surface area (Å²) in [7, 11) is 0. The molecule has 2 aliphatic rings. The number of rotatable bonds is 6. The van der Waals surface area contributed by atoms with Gasteiger partial charge in [0.15, 0.2) is 6.61 Å². The van der Waals surface area contributed by atoms with E-state index in [1.54, 1.807) is 42.5 Å². The molecule has 1 aliphatic heterocycles. The SMILES string of the molecule is Cc1cccc2c(C(=O)OCC(=O)c3ccc(Cl)cc3Cl)cc(-c3ccc(N4C(=O)C5CC=CCC5C4=O)cc3)nc12. The normalized spacial score (nSPS) is 17.9. The Labute approximate surface area is 251 Å². The van der Waals surface area contributed by atoms with Gasteiger partial charge < -0.3 is 4.74 Å². The first-order valence-corrected chi connectivity index (χ1v) is 14.2. The lowest BCUT2D eigenvalue weighted by Crippen LogP contribution is -2.30. The predicted octanol–water partition coefficient (Wildman–Crippen LogP) is 7.01. The smallest absolute Gasteiger partial charge is 0.339 e. The van der Waals surface area contributed by atoms with Gasteiger partial charge in [-0.15, -0.1) is 0 Å². The molecule has 2 heterocycles. The molecule has 210 valence electrons. The molecule has 6 rings (SSSR count). The van der Waals surface area contributed by atoms with Crippen molar-refractivity contribution in [3.8, 4) is 11.3 Å². The van der Waals surface area contributed by atoms with Gasteiger partial charge in [-0.2, -0.15) is 0 Å². The van der Waals surface area contributed by atoms with E-state index in [0.717, 1.165) is 5.56 Å². The number of hydrogen-bond acceptors (Lipinski definition) is 6. The van der Waals surface area contributed by atoms with Gasteiger partial charge in [-0.05, 0) is 61.7 Å². The largest absolute Gasteiger partial charge is 0.454 e. The van der Waals surface area contributed by atoms with Crippen molar-refractivity contribution in [2.24, 2.45) is 11.8 Å². The molecule has 0 saturated carbocycles. The second-order valence-corrected chi connectivity index (χ2v) is 11.2. The molecule has 9 heteroatoms. The zero-order chi connectivity index (χ0) is 29.5. The highest BCUT2D eigenvalue weighted by Gasteiger charge is 2.47. The Morgan fingerprint density at radius 3 is 2.26 bits per heavy atom. The number of carbonyl (C=O) groups is 4. The Hall–Kier alpha value is -4.33. The van der Waals surface area contributed by atoms with Gasteiger partial charge >= 0.3 is 5.97 Å².